The molecule has 0 bridgehead atoms. The van der Waals surface area contributed by atoms with Crippen molar-refractivity contribution in [3.8, 4) is 11.5 Å². The monoisotopic (exact) mass is 280 g/mol. The van der Waals surface area contributed by atoms with E-state index in [1.807, 2.05) is 13.8 Å². The van der Waals surface area contributed by atoms with Crippen LogP contribution in [0.2, 0.25) is 0 Å². The van der Waals surface area contributed by atoms with E-state index in [9.17, 15) is 14.5 Å². The van der Waals surface area contributed by atoms with Gasteiger partial charge >= 0.3 is 0 Å². The third-order valence-corrected chi connectivity index (χ3v) is 2.71. The van der Waals surface area contributed by atoms with Gasteiger partial charge in [0.2, 0.25) is 5.89 Å². The molecule has 0 spiro atoms. The average molecular weight is 280 g/mol. The normalized spacial score (nSPS) is 12.3. The summed E-state index contributed by atoms with van der Waals surface area (Å²) in [6.45, 7) is 4.48. The fourth-order valence-electron chi connectivity index (χ4n) is 1.75. The molecule has 8 heteroatoms. The van der Waals surface area contributed by atoms with Gasteiger partial charge in [-0.15, -0.1) is 10.2 Å². The number of halogens is 1. The van der Waals surface area contributed by atoms with E-state index in [0.717, 1.165) is 18.7 Å². The Morgan fingerprint density at radius 3 is 2.90 bits per heavy atom. The van der Waals surface area contributed by atoms with E-state index in [1.165, 1.54) is 6.07 Å². The Morgan fingerprint density at radius 2 is 2.25 bits per heavy atom. The number of nitro groups is 1. The fourth-order valence-corrected chi connectivity index (χ4v) is 1.75. The Labute approximate surface area is 114 Å². The topological polar surface area (TPSA) is 94.1 Å². The molecule has 0 amide bonds. The van der Waals surface area contributed by atoms with Crippen molar-refractivity contribution in [3.05, 3.63) is 40.0 Å². The summed E-state index contributed by atoms with van der Waals surface area (Å²) in [6.07, 6.45) is 0. The Kier molecular flexibility index (Phi) is 4.04. The summed E-state index contributed by atoms with van der Waals surface area (Å²) < 4.78 is 18.5. The number of aromatic nitrogens is 2. The molecule has 2 rings (SSSR count). The largest absolute Gasteiger partial charge is 0.419 e. The summed E-state index contributed by atoms with van der Waals surface area (Å²) in [6, 6.07) is 3.02. The third-order valence-electron chi connectivity index (χ3n) is 2.71. The van der Waals surface area contributed by atoms with Crippen LogP contribution in [-0.4, -0.2) is 21.7 Å². The molecule has 1 aromatic heterocycles. The van der Waals surface area contributed by atoms with Gasteiger partial charge in [-0.25, -0.2) is 4.39 Å². The fraction of sp³-hybridized carbons (Fsp3) is 0.333. The van der Waals surface area contributed by atoms with Crippen molar-refractivity contribution in [1.29, 1.82) is 0 Å². The second kappa shape index (κ2) is 5.74. The highest BCUT2D eigenvalue weighted by Crippen LogP contribution is 2.30. The molecule has 0 saturated carbocycles. The second-order valence-corrected chi connectivity index (χ2v) is 4.14. The van der Waals surface area contributed by atoms with Crippen molar-refractivity contribution in [2.75, 3.05) is 6.54 Å². The first-order valence-corrected chi connectivity index (χ1v) is 6.04. The standard InChI is InChI=1S/C12H13FN4O3/c1-3-14-7(2)11-15-16-12(20-11)9-5-4-8(13)6-10(9)17(18)19/h4-7,14H,3H2,1-2H3. The minimum atomic E-state index is -0.693. The van der Waals surface area contributed by atoms with Crippen molar-refractivity contribution in [1.82, 2.24) is 15.5 Å². The predicted octanol–water partition coefficient (Wildman–Crippen LogP) is 2.45. The van der Waals surface area contributed by atoms with E-state index in [4.69, 9.17) is 4.42 Å². The van der Waals surface area contributed by atoms with Gasteiger partial charge in [-0.2, -0.15) is 0 Å². The highest BCUT2D eigenvalue weighted by molar-refractivity contribution is 5.66. The molecule has 2 aromatic rings. The minimum absolute atomic E-state index is 0.00328. The third kappa shape index (κ3) is 2.80. The number of hydrogen-bond donors (Lipinski definition) is 1. The van der Waals surface area contributed by atoms with Crippen LogP contribution < -0.4 is 5.32 Å². The second-order valence-electron chi connectivity index (χ2n) is 4.14. The first-order chi connectivity index (χ1) is 9.52. The predicted molar refractivity (Wildman–Crippen MR) is 68.4 cm³/mol. The first-order valence-electron chi connectivity index (χ1n) is 6.04. The smallest absolute Gasteiger partial charge is 0.285 e. The van der Waals surface area contributed by atoms with Gasteiger partial charge in [-0.1, -0.05) is 6.92 Å². The summed E-state index contributed by atoms with van der Waals surface area (Å²) >= 11 is 0. The first kappa shape index (κ1) is 14.1. The molecule has 7 nitrogen and oxygen atoms in total. The summed E-state index contributed by atoms with van der Waals surface area (Å²) in [5.41, 5.74) is -0.310. The number of nitrogens with zero attached hydrogens (tertiary/aromatic N) is 3. The lowest BCUT2D eigenvalue weighted by Crippen LogP contribution is -2.17. The van der Waals surface area contributed by atoms with E-state index < -0.39 is 16.4 Å². The molecule has 1 unspecified atom stereocenters. The van der Waals surface area contributed by atoms with Crippen LogP contribution in [0.4, 0.5) is 10.1 Å². The average Bonchev–Trinajstić information content (AvgIpc) is 2.88. The lowest BCUT2D eigenvalue weighted by Gasteiger charge is -2.05. The van der Waals surface area contributed by atoms with Gasteiger partial charge in [0.05, 0.1) is 17.0 Å². The Morgan fingerprint density at radius 1 is 1.50 bits per heavy atom. The van der Waals surface area contributed by atoms with Crippen LogP contribution in [0.1, 0.15) is 25.8 Å². The number of nitrogens with one attached hydrogen (secondary N) is 1. The highest BCUT2D eigenvalue weighted by Gasteiger charge is 2.22. The molecule has 106 valence electrons. The summed E-state index contributed by atoms with van der Waals surface area (Å²) in [5, 5.41) is 21.6. The maximum absolute atomic E-state index is 13.1. The lowest BCUT2D eigenvalue weighted by atomic mass is 10.2. The molecular formula is C12H13FN4O3. The molecule has 0 aliphatic carbocycles. The molecule has 1 N–H and O–H groups in total. The maximum atomic E-state index is 13.1. The quantitative estimate of drug-likeness (QED) is 0.667. The Hall–Kier alpha value is -2.35. The van der Waals surface area contributed by atoms with Crippen LogP contribution in [0.15, 0.2) is 22.6 Å². The van der Waals surface area contributed by atoms with Crippen molar-refractivity contribution in [2.45, 2.75) is 19.9 Å². The molecule has 0 fully saturated rings. The van der Waals surface area contributed by atoms with E-state index in [2.05, 4.69) is 15.5 Å². The van der Waals surface area contributed by atoms with Crippen molar-refractivity contribution in [3.63, 3.8) is 0 Å². The van der Waals surface area contributed by atoms with E-state index in [0.29, 0.717) is 5.89 Å². The molecule has 0 aliphatic heterocycles. The van der Waals surface area contributed by atoms with E-state index >= 15 is 0 Å². The van der Waals surface area contributed by atoms with Crippen molar-refractivity contribution in [2.24, 2.45) is 0 Å². The zero-order valence-electron chi connectivity index (χ0n) is 11.0. The summed E-state index contributed by atoms with van der Waals surface area (Å²) in [5.74, 6) is -0.377. The highest BCUT2D eigenvalue weighted by atomic mass is 19.1. The van der Waals surface area contributed by atoms with Crippen LogP contribution >= 0.6 is 0 Å². The van der Waals surface area contributed by atoms with Crippen LogP contribution in [0.25, 0.3) is 11.5 Å². The van der Waals surface area contributed by atoms with Gasteiger partial charge < -0.3 is 9.73 Å². The Balaban J connectivity index is 2.40. The van der Waals surface area contributed by atoms with Crippen LogP contribution in [-0.2, 0) is 0 Å². The molecule has 20 heavy (non-hydrogen) atoms. The molecule has 1 atom stereocenters. The van der Waals surface area contributed by atoms with E-state index in [-0.39, 0.29) is 17.5 Å². The van der Waals surface area contributed by atoms with Gasteiger partial charge in [0.15, 0.2) is 0 Å². The summed E-state index contributed by atoms with van der Waals surface area (Å²) in [7, 11) is 0. The van der Waals surface area contributed by atoms with Crippen LogP contribution in [0, 0.1) is 15.9 Å². The molecule has 1 aromatic carbocycles. The molecule has 0 radical (unpaired) electrons. The van der Waals surface area contributed by atoms with Crippen molar-refractivity contribution >= 4 is 5.69 Å². The maximum Gasteiger partial charge on any atom is 0.285 e. The van der Waals surface area contributed by atoms with Crippen molar-refractivity contribution < 1.29 is 13.7 Å². The zero-order chi connectivity index (χ0) is 14.7. The number of benzene rings is 1. The molecule has 0 aliphatic rings. The van der Waals surface area contributed by atoms with Crippen LogP contribution in [0.3, 0.4) is 0 Å². The van der Waals surface area contributed by atoms with Crippen LogP contribution in [0.5, 0.6) is 0 Å². The van der Waals surface area contributed by atoms with Gasteiger partial charge in [0, 0.05) is 0 Å². The van der Waals surface area contributed by atoms with Gasteiger partial charge in [0.1, 0.15) is 11.4 Å². The number of rotatable bonds is 5. The van der Waals surface area contributed by atoms with E-state index in [1.54, 1.807) is 0 Å². The summed E-state index contributed by atoms with van der Waals surface area (Å²) in [4.78, 5) is 10.2. The van der Waals surface area contributed by atoms with Gasteiger partial charge in [-0.3, -0.25) is 10.1 Å². The Bertz CT molecular complexity index is 629. The van der Waals surface area contributed by atoms with Gasteiger partial charge in [-0.05, 0) is 25.6 Å². The minimum Gasteiger partial charge on any atom is -0.419 e. The zero-order valence-corrected chi connectivity index (χ0v) is 11.0. The lowest BCUT2D eigenvalue weighted by molar-refractivity contribution is -0.384. The molecule has 1 heterocycles. The SMILES string of the molecule is CCNC(C)c1nnc(-c2ccc(F)cc2[N+](=O)[O-])o1. The molecular weight excluding hydrogens is 267 g/mol. The number of nitro benzene ring substituents is 1. The van der Waals surface area contributed by atoms with Gasteiger partial charge in [0.25, 0.3) is 11.6 Å². The number of hydrogen-bond acceptors (Lipinski definition) is 6. The molecule has 0 saturated heterocycles.